The van der Waals surface area contributed by atoms with Crippen LogP contribution in [0.4, 0.5) is 0 Å². The molecule has 0 aliphatic rings. The highest BCUT2D eigenvalue weighted by atomic mass is 127. The van der Waals surface area contributed by atoms with Crippen molar-refractivity contribution in [3.8, 4) is 11.1 Å². The summed E-state index contributed by atoms with van der Waals surface area (Å²) in [5, 5.41) is 8.02. The number of aromatic nitrogens is 3. The number of hydrogen-bond donors (Lipinski definition) is 0. The van der Waals surface area contributed by atoms with Gasteiger partial charge in [-0.2, -0.15) is 5.10 Å². The van der Waals surface area contributed by atoms with Crippen molar-refractivity contribution in [2.45, 2.75) is 0 Å². The molecular weight excluding hydrogens is 373 g/mol. The summed E-state index contributed by atoms with van der Waals surface area (Å²) in [6, 6.07) is 17.0. The van der Waals surface area contributed by atoms with Gasteiger partial charge in [0, 0.05) is 18.8 Å². The lowest BCUT2D eigenvalue weighted by atomic mass is 9.99. The Hall–Kier alpha value is -1.95. The molecule has 2 aromatic carbocycles. The van der Waals surface area contributed by atoms with Gasteiger partial charge in [-0.25, -0.2) is 9.67 Å². The van der Waals surface area contributed by atoms with Gasteiger partial charge in [0.15, 0.2) is 5.65 Å². The average molecular weight is 385 g/mol. The molecule has 0 unspecified atom stereocenters. The van der Waals surface area contributed by atoms with Crippen LogP contribution in [0.1, 0.15) is 0 Å². The Bertz CT molecular complexity index is 967. The molecular formula is C17H12IN3. The van der Waals surface area contributed by atoms with Crippen LogP contribution in [-0.4, -0.2) is 14.8 Å². The fraction of sp³-hybridized carbons (Fsp3) is 0.0588. The van der Waals surface area contributed by atoms with Gasteiger partial charge in [-0.3, -0.25) is 0 Å². The zero-order valence-corrected chi connectivity index (χ0v) is 13.6. The van der Waals surface area contributed by atoms with E-state index in [-0.39, 0.29) is 0 Å². The molecule has 2 aromatic heterocycles. The van der Waals surface area contributed by atoms with Crippen molar-refractivity contribution < 1.29 is 0 Å². The van der Waals surface area contributed by atoms with Crippen LogP contribution >= 0.6 is 22.6 Å². The SMILES string of the molecule is Cn1nc(I)c2cc(-c3cccc4ccccc34)cnc21. The summed E-state index contributed by atoms with van der Waals surface area (Å²) >= 11 is 2.26. The summed E-state index contributed by atoms with van der Waals surface area (Å²) in [5.41, 5.74) is 3.26. The number of nitrogens with zero attached hydrogens (tertiary/aromatic N) is 3. The second-order valence-electron chi connectivity index (χ2n) is 5.04. The Morgan fingerprint density at radius 2 is 1.81 bits per heavy atom. The first-order chi connectivity index (χ1) is 10.2. The Labute approximate surface area is 135 Å². The summed E-state index contributed by atoms with van der Waals surface area (Å²) < 4.78 is 2.81. The third kappa shape index (κ3) is 2.01. The smallest absolute Gasteiger partial charge is 0.158 e. The first-order valence-corrected chi connectivity index (χ1v) is 7.78. The number of fused-ring (bicyclic) bond motifs is 2. The van der Waals surface area contributed by atoms with Crippen LogP contribution in [0.5, 0.6) is 0 Å². The standard InChI is InChI=1S/C17H12IN3/c1-21-17-15(16(18)20-21)9-12(10-19-17)14-8-4-6-11-5-2-3-7-13(11)14/h2-10H,1H3. The van der Waals surface area contributed by atoms with Gasteiger partial charge in [-0.1, -0.05) is 42.5 Å². The Kier molecular flexibility index (Phi) is 2.92. The molecule has 0 N–H and O–H groups in total. The molecule has 0 saturated heterocycles. The van der Waals surface area contributed by atoms with E-state index in [0.29, 0.717) is 0 Å². The zero-order chi connectivity index (χ0) is 14.4. The molecule has 102 valence electrons. The van der Waals surface area contributed by atoms with Crippen LogP contribution in [0.3, 0.4) is 0 Å². The van der Waals surface area contributed by atoms with E-state index in [1.54, 1.807) is 0 Å². The van der Waals surface area contributed by atoms with Gasteiger partial charge < -0.3 is 0 Å². The van der Waals surface area contributed by atoms with Gasteiger partial charge >= 0.3 is 0 Å². The van der Waals surface area contributed by atoms with Crippen LogP contribution in [0.25, 0.3) is 32.9 Å². The van der Waals surface area contributed by atoms with E-state index < -0.39 is 0 Å². The van der Waals surface area contributed by atoms with Crippen LogP contribution in [-0.2, 0) is 7.05 Å². The van der Waals surface area contributed by atoms with Gasteiger partial charge in [0.1, 0.15) is 3.70 Å². The third-order valence-corrected chi connectivity index (χ3v) is 4.53. The maximum atomic E-state index is 4.58. The molecule has 0 spiro atoms. The Morgan fingerprint density at radius 3 is 2.71 bits per heavy atom. The number of halogens is 1. The average Bonchev–Trinajstić information content (AvgIpc) is 2.81. The van der Waals surface area contributed by atoms with Gasteiger partial charge in [-0.15, -0.1) is 0 Å². The van der Waals surface area contributed by atoms with E-state index in [2.05, 4.69) is 81.2 Å². The zero-order valence-electron chi connectivity index (χ0n) is 11.4. The molecule has 0 aliphatic heterocycles. The highest BCUT2D eigenvalue weighted by molar-refractivity contribution is 14.1. The van der Waals surface area contributed by atoms with Crippen molar-refractivity contribution in [1.82, 2.24) is 14.8 Å². The Morgan fingerprint density at radius 1 is 1.00 bits per heavy atom. The molecule has 21 heavy (non-hydrogen) atoms. The second-order valence-corrected chi connectivity index (χ2v) is 6.06. The lowest BCUT2D eigenvalue weighted by Gasteiger charge is -2.06. The summed E-state index contributed by atoms with van der Waals surface area (Å²) in [7, 11) is 1.93. The van der Waals surface area contributed by atoms with Crippen molar-refractivity contribution in [2.24, 2.45) is 7.05 Å². The first-order valence-electron chi connectivity index (χ1n) is 6.70. The van der Waals surface area contributed by atoms with Crippen molar-refractivity contribution in [2.75, 3.05) is 0 Å². The summed E-state index contributed by atoms with van der Waals surface area (Å²) in [6.07, 6.45) is 1.93. The fourth-order valence-corrected chi connectivity index (χ4v) is 3.45. The molecule has 0 radical (unpaired) electrons. The second kappa shape index (κ2) is 4.80. The number of rotatable bonds is 1. The third-order valence-electron chi connectivity index (χ3n) is 3.73. The van der Waals surface area contributed by atoms with E-state index in [9.17, 15) is 0 Å². The van der Waals surface area contributed by atoms with Gasteiger partial charge in [0.05, 0.1) is 5.39 Å². The summed E-state index contributed by atoms with van der Waals surface area (Å²) in [4.78, 5) is 4.58. The maximum Gasteiger partial charge on any atom is 0.158 e. The summed E-state index contributed by atoms with van der Waals surface area (Å²) in [5.74, 6) is 0. The predicted molar refractivity (Wildman–Crippen MR) is 94.2 cm³/mol. The molecule has 0 saturated carbocycles. The minimum absolute atomic E-state index is 0.920. The molecule has 2 heterocycles. The molecule has 4 rings (SSSR count). The Balaban J connectivity index is 2.02. The first kappa shape index (κ1) is 12.8. The van der Waals surface area contributed by atoms with Crippen LogP contribution in [0.15, 0.2) is 54.7 Å². The van der Waals surface area contributed by atoms with Crippen molar-refractivity contribution in [1.29, 1.82) is 0 Å². The van der Waals surface area contributed by atoms with E-state index in [4.69, 9.17) is 0 Å². The fourth-order valence-electron chi connectivity index (χ4n) is 2.72. The quantitative estimate of drug-likeness (QED) is 0.455. The number of hydrogen-bond acceptors (Lipinski definition) is 2. The predicted octanol–water partition coefficient (Wildman–Crippen LogP) is 4.39. The maximum absolute atomic E-state index is 4.58. The van der Waals surface area contributed by atoms with Gasteiger partial charge in [0.2, 0.25) is 0 Å². The van der Waals surface area contributed by atoms with E-state index in [1.165, 1.54) is 16.3 Å². The van der Waals surface area contributed by atoms with Crippen LogP contribution < -0.4 is 0 Å². The molecule has 3 nitrogen and oxygen atoms in total. The molecule has 0 bridgehead atoms. The molecule has 4 heteroatoms. The number of aryl methyl sites for hydroxylation is 1. The topological polar surface area (TPSA) is 30.7 Å². The minimum Gasteiger partial charge on any atom is -0.249 e. The molecule has 0 fully saturated rings. The normalized spacial score (nSPS) is 11.3. The molecule has 0 amide bonds. The van der Waals surface area contributed by atoms with E-state index in [0.717, 1.165) is 20.3 Å². The minimum atomic E-state index is 0.920. The van der Waals surface area contributed by atoms with Crippen molar-refractivity contribution >= 4 is 44.4 Å². The van der Waals surface area contributed by atoms with E-state index >= 15 is 0 Å². The number of benzene rings is 2. The lowest BCUT2D eigenvalue weighted by Crippen LogP contribution is -1.91. The van der Waals surface area contributed by atoms with Gasteiger partial charge in [0.25, 0.3) is 0 Å². The molecule has 0 atom stereocenters. The highest BCUT2D eigenvalue weighted by Gasteiger charge is 2.10. The highest BCUT2D eigenvalue weighted by Crippen LogP contribution is 2.30. The lowest BCUT2D eigenvalue weighted by molar-refractivity contribution is 0.777. The summed E-state index contributed by atoms with van der Waals surface area (Å²) in [6.45, 7) is 0. The number of pyridine rings is 1. The monoisotopic (exact) mass is 385 g/mol. The van der Waals surface area contributed by atoms with Crippen LogP contribution in [0.2, 0.25) is 0 Å². The van der Waals surface area contributed by atoms with E-state index in [1.807, 2.05) is 17.9 Å². The van der Waals surface area contributed by atoms with Crippen molar-refractivity contribution in [3.05, 3.63) is 58.4 Å². The van der Waals surface area contributed by atoms with Gasteiger partial charge in [-0.05, 0) is 45.0 Å². The largest absolute Gasteiger partial charge is 0.249 e. The molecule has 0 aliphatic carbocycles. The molecule has 4 aromatic rings. The van der Waals surface area contributed by atoms with Crippen LogP contribution in [0, 0.1) is 3.70 Å². The van der Waals surface area contributed by atoms with Crippen molar-refractivity contribution in [3.63, 3.8) is 0 Å².